The largest absolute Gasteiger partial charge is 0.463 e. The minimum Gasteiger partial charge on any atom is -0.463 e. The highest BCUT2D eigenvalue weighted by Crippen LogP contribution is 2.23. The second kappa shape index (κ2) is 5.55. The summed E-state index contributed by atoms with van der Waals surface area (Å²) in [5.41, 5.74) is 1.01. The van der Waals surface area contributed by atoms with Crippen LogP contribution >= 0.6 is 0 Å². The van der Waals surface area contributed by atoms with Gasteiger partial charge in [-0.1, -0.05) is 6.07 Å². The van der Waals surface area contributed by atoms with Crippen molar-refractivity contribution < 1.29 is 23.9 Å². The third-order valence-electron chi connectivity index (χ3n) is 3.60. The van der Waals surface area contributed by atoms with Crippen LogP contribution in [0.1, 0.15) is 29.6 Å². The summed E-state index contributed by atoms with van der Waals surface area (Å²) in [4.78, 5) is 36.7. The number of hydrogen-bond donors (Lipinski definition) is 0. The maximum Gasteiger partial charge on any atom is 0.347 e. The molecule has 1 atom stereocenters. The molecule has 0 radical (unpaired) electrons. The van der Waals surface area contributed by atoms with Crippen LogP contribution in [0.4, 0.5) is 5.69 Å². The highest BCUT2D eigenvalue weighted by Gasteiger charge is 2.31. The Morgan fingerprint density at radius 1 is 1.33 bits per heavy atom. The average Bonchev–Trinajstić information content (AvgIpc) is 3.08. The van der Waals surface area contributed by atoms with Gasteiger partial charge in [-0.2, -0.15) is 0 Å². The van der Waals surface area contributed by atoms with Gasteiger partial charge in [0.25, 0.3) is 0 Å². The molecule has 0 unspecified atom stereocenters. The molecule has 6 nitrogen and oxygen atoms in total. The van der Waals surface area contributed by atoms with Gasteiger partial charge in [-0.15, -0.1) is 0 Å². The van der Waals surface area contributed by atoms with Crippen LogP contribution in [-0.4, -0.2) is 37.1 Å². The SMILES string of the molecule is O=C(O[C@@H]1CCOC1=O)c1cccc(N2CCCC2=O)c1. The fourth-order valence-electron chi connectivity index (χ4n) is 2.50. The van der Waals surface area contributed by atoms with Crippen LogP contribution in [0.25, 0.3) is 0 Å². The molecule has 1 aromatic rings. The Morgan fingerprint density at radius 3 is 2.86 bits per heavy atom. The molecule has 2 aliphatic rings. The number of nitrogens with zero attached hydrogens (tertiary/aromatic N) is 1. The van der Waals surface area contributed by atoms with E-state index in [0.29, 0.717) is 30.6 Å². The Kier molecular flexibility index (Phi) is 3.60. The van der Waals surface area contributed by atoms with Crippen LogP contribution in [0.5, 0.6) is 0 Å². The molecule has 2 saturated heterocycles. The van der Waals surface area contributed by atoms with Crippen LogP contribution in [0.2, 0.25) is 0 Å². The molecule has 2 aliphatic heterocycles. The molecule has 0 N–H and O–H groups in total. The lowest BCUT2D eigenvalue weighted by atomic mass is 10.2. The predicted molar refractivity (Wildman–Crippen MR) is 72.8 cm³/mol. The molecule has 6 heteroatoms. The molecular formula is C15H15NO5. The Balaban J connectivity index is 1.74. The quantitative estimate of drug-likeness (QED) is 0.784. The van der Waals surface area contributed by atoms with Crippen molar-refractivity contribution in [2.45, 2.75) is 25.4 Å². The Morgan fingerprint density at radius 2 is 2.19 bits per heavy atom. The zero-order valence-electron chi connectivity index (χ0n) is 11.4. The molecule has 110 valence electrons. The lowest BCUT2D eigenvalue weighted by Gasteiger charge is -2.16. The van der Waals surface area contributed by atoms with Gasteiger partial charge in [0.2, 0.25) is 12.0 Å². The number of esters is 2. The number of ether oxygens (including phenoxy) is 2. The third-order valence-corrected chi connectivity index (χ3v) is 3.60. The first-order valence-corrected chi connectivity index (χ1v) is 6.93. The van der Waals surface area contributed by atoms with Gasteiger partial charge in [-0.3, -0.25) is 4.79 Å². The molecule has 3 rings (SSSR count). The van der Waals surface area contributed by atoms with Crippen molar-refractivity contribution in [3.8, 4) is 0 Å². The summed E-state index contributed by atoms with van der Waals surface area (Å²) in [6, 6.07) is 6.70. The maximum absolute atomic E-state index is 12.1. The average molecular weight is 289 g/mol. The predicted octanol–water partition coefficient (Wildman–Crippen LogP) is 1.29. The molecule has 2 fully saturated rings. The standard InChI is InChI=1S/C15H15NO5/c17-13-5-2-7-16(13)11-4-1-3-10(9-11)14(18)21-12-6-8-20-15(12)19/h1,3-4,9,12H,2,5-8H2/t12-/m1/s1. The summed E-state index contributed by atoms with van der Waals surface area (Å²) in [6.07, 6.45) is 0.911. The van der Waals surface area contributed by atoms with Gasteiger partial charge in [-0.25, -0.2) is 9.59 Å². The first-order chi connectivity index (χ1) is 10.1. The Labute approximate surface area is 121 Å². The number of hydrogen-bond acceptors (Lipinski definition) is 5. The molecule has 21 heavy (non-hydrogen) atoms. The van der Waals surface area contributed by atoms with Gasteiger partial charge in [-0.05, 0) is 24.6 Å². The van der Waals surface area contributed by atoms with Crippen molar-refractivity contribution >= 4 is 23.5 Å². The number of amides is 1. The van der Waals surface area contributed by atoms with E-state index in [1.54, 1.807) is 29.2 Å². The number of benzene rings is 1. The first-order valence-electron chi connectivity index (χ1n) is 6.93. The summed E-state index contributed by atoms with van der Waals surface area (Å²) in [6.45, 7) is 0.936. The van der Waals surface area contributed by atoms with Gasteiger partial charge in [0.15, 0.2) is 0 Å². The van der Waals surface area contributed by atoms with E-state index in [2.05, 4.69) is 0 Å². The molecule has 0 aliphatic carbocycles. The van der Waals surface area contributed by atoms with Crippen LogP contribution in [0.3, 0.4) is 0 Å². The van der Waals surface area contributed by atoms with E-state index in [4.69, 9.17) is 9.47 Å². The van der Waals surface area contributed by atoms with E-state index in [1.807, 2.05) is 0 Å². The Hall–Kier alpha value is -2.37. The van der Waals surface area contributed by atoms with Crippen LogP contribution in [0.15, 0.2) is 24.3 Å². The van der Waals surface area contributed by atoms with Gasteiger partial charge in [0.05, 0.1) is 12.2 Å². The van der Waals surface area contributed by atoms with E-state index in [-0.39, 0.29) is 12.5 Å². The van der Waals surface area contributed by atoms with Crippen molar-refractivity contribution in [3.05, 3.63) is 29.8 Å². The van der Waals surface area contributed by atoms with Crippen molar-refractivity contribution in [1.82, 2.24) is 0 Å². The summed E-state index contributed by atoms with van der Waals surface area (Å²) in [5.74, 6) is -1.03. The van der Waals surface area contributed by atoms with Gasteiger partial charge in [0, 0.05) is 25.1 Å². The van der Waals surface area contributed by atoms with E-state index < -0.39 is 18.0 Å². The molecule has 1 amide bonds. The summed E-state index contributed by atoms with van der Waals surface area (Å²) in [7, 11) is 0. The fraction of sp³-hybridized carbons (Fsp3) is 0.400. The molecule has 2 heterocycles. The monoisotopic (exact) mass is 289 g/mol. The van der Waals surface area contributed by atoms with Crippen molar-refractivity contribution in [3.63, 3.8) is 0 Å². The number of rotatable bonds is 3. The summed E-state index contributed by atoms with van der Waals surface area (Å²) >= 11 is 0. The fourth-order valence-corrected chi connectivity index (χ4v) is 2.50. The number of cyclic esters (lactones) is 1. The minimum absolute atomic E-state index is 0.0555. The normalized spacial score (nSPS) is 21.5. The lowest BCUT2D eigenvalue weighted by molar-refractivity contribution is -0.145. The number of anilines is 1. The highest BCUT2D eigenvalue weighted by atomic mass is 16.6. The van der Waals surface area contributed by atoms with Crippen molar-refractivity contribution in [2.24, 2.45) is 0 Å². The molecule has 0 bridgehead atoms. The van der Waals surface area contributed by atoms with Gasteiger partial charge < -0.3 is 14.4 Å². The maximum atomic E-state index is 12.1. The van der Waals surface area contributed by atoms with Crippen LogP contribution < -0.4 is 4.90 Å². The van der Waals surface area contributed by atoms with Crippen LogP contribution in [-0.2, 0) is 19.1 Å². The second-order valence-corrected chi connectivity index (χ2v) is 5.05. The minimum atomic E-state index is -0.824. The smallest absolute Gasteiger partial charge is 0.347 e. The first kappa shape index (κ1) is 13.6. The second-order valence-electron chi connectivity index (χ2n) is 5.05. The van der Waals surface area contributed by atoms with Crippen LogP contribution in [0, 0.1) is 0 Å². The van der Waals surface area contributed by atoms with E-state index in [0.717, 1.165) is 6.42 Å². The van der Waals surface area contributed by atoms with E-state index >= 15 is 0 Å². The summed E-state index contributed by atoms with van der Waals surface area (Å²) < 4.78 is 9.89. The van der Waals surface area contributed by atoms with Gasteiger partial charge in [0.1, 0.15) is 0 Å². The molecule has 1 aromatic carbocycles. The highest BCUT2D eigenvalue weighted by molar-refractivity contribution is 5.98. The Bertz CT molecular complexity index is 597. The molecule has 0 saturated carbocycles. The van der Waals surface area contributed by atoms with Crippen molar-refractivity contribution in [1.29, 1.82) is 0 Å². The molecule has 0 aromatic heterocycles. The van der Waals surface area contributed by atoms with E-state index in [9.17, 15) is 14.4 Å². The van der Waals surface area contributed by atoms with Gasteiger partial charge >= 0.3 is 11.9 Å². The third kappa shape index (κ3) is 2.74. The number of carbonyl (C=O) groups is 3. The summed E-state index contributed by atoms with van der Waals surface area (Å²) in [5, 5.41) is 0. The zero-order valence-corrected chi connectivity index (χ0v) is 11.4. The van der Waals surface area contributed by atoms with Crippen molar-refractivity contribution in [2.75, 3.05) is 18.1 Å². The molecular weight excluding hydrogens is 274 g/mol. The number of carbonyl (C=O) groups excluding carboxylic acids is 3. The zero-order chi connectivity index (χ0) is 14.8. The van der Waals surface area contributed by atoms with E-state index in [1.165, 1.54) is 0 Å². The lowest BCUT2D eigenvalue weighted by Crippen LogP contribution is -2.25. The topological polar surface area (TPSA) is 72.9 Å². The molecule has 0 spiro atoms.